The van der Waals surface area contributed by atoms with Gasteiger partial charge in [-0.2, -0.15) is 0 Å². The van der Waals surface area contributed by atoms with Crippen molar-refractivity contribution < 1.29 is 38.2 Å². The van der Waals surface area contributed by atoms with Crippen LogP contribution in [0.25, 0.3) is 0 Å². The van der Waals surface area contributed by atoms with Crippen LogP contribution in [0.1, 0.15) is 33.6 Å². The van der Waals surface area contributed by atoms with E-state index in [1.54, 1.807) is 0 Å². The van der Waals surface area contributed by atoms with Crippen LogP contribution in [-0.2, 0) is 38.2 Å². The predicted octanol–water partition coefficient (Wildman–Crippen LogP) is 0.519. The van der Waals surface area contributed by atoms with Gasteiger partial charge in [0.2, 0.25) is 0 Å². The number of Topliss-reactive ketones (excluding diaryl/α,β-unsaturated/α-hetero) is 2. The summed E-state index contributed by atoms with van der Waals surface area (Å²) in [7, 11) is 0. The second-order valence-electron chi connectivity index (χ2n) is 4.93. The van der Waals surface area contributed by atoms with Crippen molar-refractivity contribution in [1.29, 1.82) is 0 Å². The molecule has 0 aliphatic carbocycles. The van der Waals surface area contributed by atoms with Gasteiger partial charge in [0, 0.05) is 5.57 Å². The lowest BCUT2D eigenvalue weighted by Gasteiger charge is -2.18. The SMILES string of the molecule is C=C(C)C(=O)OC(COC(=O)CC(C)=O)COC(=O)CC(C)=O. The van der Waals surface area contributed by atoms with Crippen molar-refractivity contribution in [3.05, 3.63) is 12.2 Å². The molecule has 0 radical (unpaired) electrons. The van der Waals surface area contributed by atoms with Crippen molar-refractivity contribution in [2.45, 2.75) is 39.7 Å². The summed E-state index contributed by atoms with van der Waals surface area (Å²) in [6.45, 7) is 6.49. The molecule has 0 aliphatic rings. The minimum Gasteiger partial charge on any atom is -0.461 e. The molecule has 0 bridgehead atoms. The van der Waals surface area contributed by atoms with Crippen LogP contribution in [0.4, 0.5) is 0 Å². The van der Waals surface area contributed by atoms with Crippen molar-refractivity contribution >= 4 is 29.5 Å². The Bertz CT molecular complexity index is 474. The molecule has 23 heavy (non-hydrogen) atoms. The molecule has 0 unspecified atom stereocenters. The summed E-state index contributed by atoms with van der Waals surface area (Å²) < 4.78 is 14.5. The third-order valence-corrected chi connectivity index (χ3v) is 2.27. The van der Waals surface area contributed by atoms with Gasteiger partial charge in [0.25, 0.3) is 0 Å². The lowest BCUT2D eigenvalue weighted by Crippen LogP contribution is -2.31. The fourth-order valence-corrected chi connectivity index (χ4v) is 1.25. The molecule has 0 saturated carbocycles. The summed E-state index contributed by atoms with van der Waals surface area (Å²) in [6.07, 6.45) is -1.89. The van der Waals surface area contributed by atoms with Crippen molar-refractivity contribution in [3.8, 4) is 0 Å². The third-order valence-electron chi connectivity index (χ3n) is 2.27. The molecule has 0 amide bonds. The summed E-state index contributed by atoms with van der Waals surface area (Å²) in [5, 5.41) is 0. The molecule has 0 fully saturated rings. The number of ketones is 2. The quantitative estimate of drug-likeness (QED) is 0.247. The first kappa shape index (κ1) is 20.5. The predicted molar refractivity (Wildman–Crippen MR) is 77.2 cm³/mol. The molecule has 8 heteroatoms. The van der Waals surface area contributed by atoms with E-state index in [0.717, 1.165) is 0 Å². The van der Waals surface area contributed by atoms with E-state index in [0.29, 0.717) is 0 Å². The fourth-order valence-electron chi connectivity index (χ4n) is 1.25. The number of carbonyl (C=O) groups is 5. The summed E-state index contributed by atoms with van der Waals surface area (Å²) in [5.74, 6) is -3.08. The molecular formula is C15H20O8. The molecular weight excluding hydrogens is 308 g/mol. The molecule has 0 aromatic rings. The minimum atomic E-state index is -1.06. The van der Waals surface area contributed by atoms with E-state index in [2.05, 4.69) is 6.58 Å². The Kier molecular flexibility index (Phi) is 9.14. The second kappa shape index (κ2) is 10.3. The standard InChI is InChI=1S/C15H20O8/c1-9(2)15(20)23-12(7-21-13(18)5-10(3)16)8-22-14(19)6-11(4)17/h12H,1,5-8H2,2-4H3. The zero-order valence-electron chi connectivity index (χ0n) is 13.4. The number of hydrogen-bond donors (Lipinski definition) is 0. The topological polar surface area (TPSA) is 113 Å². The summed E-state index contributed by atoms with van der Waals surface area (Å²) in [6, 6.07) is 0. The normalized spacial score (nSPS) is 9.91. The first-order chi connectivity index (χ1) is 10.6. The van der Waals surface area contributed by atoms with Gasteiger partial charge in [-0.25, -0.2) is 4.79 Å². The Morgan fingerprint density at radius 3 is 1.52 bits per heavy atom. The first-order valence-electron chi connectivity index (χ1n) is 6.78. The Morgan fingerprint density at radius 2 is 1.22 bits per heavy atom. The fraction of sp³-hybridized carbons (Fsp3) is 0.533. The molecule has 8 nitrogen and oxygen atoms in total. The lowest BCUT2D eigenvalue weighted by atomic mass is 10.3. The van der Waals surface area contributed by atoms with Crippen LogP contribution in [-0.4, -0.2) is 48.8 Å². The lowest BCUT2D eigenvalue weighted by molar-refractivity contribution is -0.164. The average molecular weight is 328 g/mol. The maximum absolute atomic E-state index is 11.5. The van der Waals surface area contributed by atoms with Crippen molar-refractivity contribution in [3.63, 3.8) is 0 Å². The monoisotopic (exact) mass is 328 g/mol. The third kappa shape index (κ3) is 10.8. The van der Waals surface area contributed by atoms with Gasteiger partial charge in [-0.3, -0.25) is 19.2 Å². The highest BCUT2D eigenvalue weighted by atomic mass is 16.6. The zero-order chi connectivity index (χ0) is 18.0. The van der Waals surface area contributed by atoms with E-state index in [9.17, 15) is 24.0 Å². The first-order valence-corrected chi connectivity index (χ1v) is 6.78. The molecule has 0 aromatic heterocycles. The molecule has 0 spiro atoms. The number of esters is 3. The molecule has 0 aliphatic heterocycles. The molecule has 0 aromatic carbocycles. The Morgan fingerprint density at radius 1 is 0.826 bits per heavy atom. The smallest absolute Gasteiger partial charge is 0.333 e. The van der Waals surface area contributed by atoms with Gasteiger partial charge >= 0.3 is 17.9 Å². The van der Waals surface area contributed by atoms with Gasteiger partial charge in [-0.1, -0.05) is 6.58 Å². The van der Waals surface area contributed by atoms with Crippen LogP contribution in [0.2, 0.25) is 0 Å². The summed E-state index contributed by atoms with van der Waals surface area (Å²) in [4.78, 5) is 55.7. The van der Waals surface area contributed by atoms with Gasteiger partial charge < -0.3 is 14.2 Å². The van der Waals surface area contributed by atoms with Crippen molar-refractivity contribution in [1.82, 2.24) is 0 Å². The molecule has 0 atom stereocenters. The molecule has 0 heterocycles. The van der Waals surface area contributed by atoms with E-state index in [4.69, 9.17) is 14.2 Å². The van der Waals surface area contributed by atoms with E-state index < -0.39 is 50.1 Å². The van der Waals surface area contributed by atoms with Crippen molar-refractivity contribution in [2.75, 3.05) is 13.2 Å². The molecule has 0 saturated heterocycles. The Labute approximate surface area is 133 Å². The van der Waals surface area contributed by atoms with Crippen LogP contribution in [0.3, 0.4) is 0 Å². The van der Waals surface area contributed by atoms with Crippen LogP contribution >= 0.6 is 0 Å². The van der Waals surface area contributed by atoms with E-state index in [-0.39, 0.29) is 17.1 Å². The van der Waals surface area contributed by atoms with Gasteiger partial charge in [-0.05, 0) is 20.8 Å². The van der Waals surface area contributed by atoms with E-state index in [1.165, 1.54) is 20.8 Å². The van der Waals surface area contributed by atoms with Crippen LogP contribution in [0.5, 0.6) is 0 Å². The summed E-state index contributed by atoms with van der Waals surface area (Å²) in [5.41, 5.74) is 0.111. The summed E-state index contributed by atoms with van der Waals surface area (Å²) >= 11 is 0. The maximum atomic E-state index is 11.5. The van der Waals surface area contributed by atoms with Gasteiger partial charge in [0.1, 0.15) is 37.6 Å². The van der Waals surface area contributed by atoms with E-state index in [1.807, 2.05) is 0 Å². The van der Waals surface area contributed by atoms with Crippen LogP contribution in [0, 0.1) is 0 Å². The minimum absolute atomic E-state index is 0.111. The van der Waals surface area contributed by atoms with Crippen LogP contribution < -0.4 is 0 Å². The van der Waals surface area contributed by atoms with Crippen LogP contribution in [0.15, 0.2) is 12.2 Å². The number of hydrogen-bond acceptors (Lipinski definition) is 8. The highest BCUT2D eigenvalue weighted by Crippen LogP contribution is 2.03. The van der Waals surface area contributed by atoms with Gasteiger partial charge in [0.15, 0.2) is 6.10 Å². The number of rotatable bonds is 10. The highest BCUT2D eigenvalue weighted by molar-refractivity contribution is 5.94. The maximum Gasteiger partial charge on any atom is 0.333 e. The molecule has 0 rings (SSSR count). The second-order valence-corrected chi connectivity index (χ2v) is 4.93. The number of carbonyl (C=O) groups excluding carboxylic acids is 5. The largest absolute Gasteiger partial charge is 0.461 e. The highest BCUT2D eigenvalue weighted by Gasteiger charge is 2.20. The molecule has 128 valence electrons. The van der Waals surface area contributed by atoms with E-state index >= 15 is 0 Å². The Hall–Kier alpha value is -2.51. The average Bonchev–Trinajstić information content (AvgIpc) is 2.39. The number of ether oxygens (including phenoxy) is 3. The zero-order valence-corrected chi connectivity index (χ0v) is 13.4. The van der Waals surface area contributed by atoms with Gasteiger partial charge in [0.05, 0.1) is 0 Å². The Balaban J connectivity index is 4.55. The van der Waals surface area contributed by atoms with Gasteiger partial charge in [-0.15, -0.1) is 0 Å². The van der Waals surface area contributed by atoms with Crippen molar-refractivity contribution in [2.24, 2.45) is 0 Å². The molecule has 0 N–H and O–H groups in total.